The number of hydrogen-bond acceptors (Lipinski definition) is 2. The predicted octanol–water partition coefficient (Wildman–Crippen LogP) is 2.46. The number of likely N-dealkylation sites (tertiary alicyclic amines) is 1. The summed E-state index contributed by atoms with van der Waals surface area (Å²) in [5, 5.41) is 12.2. The van der Waals surface area contributed by atoms with Crippen molar-refractivity contribution in [1.82, 2.24) is 10.2 Å². The first kappa shape index (κ1) is 15.1. The van der Waals surface area contributed by atoms with E-state index in [1.165, 1.54) is 30.6 Å². The molecule has 114 valence electrons. The number of piperidine rings is 1. The Morgan fingerprint density at radius 1 is 1.15 bits per heavy atom. The van der Waals surface area contributed by atoms with Crippen molar-refractivity contribution in [3.8, 4) is 0 Å². The molecule has 0 aromatic carbocycles. The zero-order chi connectivity index (χ0) is 14.5. The Balaban J connectivity index is 1.85. The minimum Gasteiger partial charge on any atom is -0.480 e. The van der Waals surface area contributed by atoms with E-state index in [1.54, 1.807) is 0 Å². The Labute approximate surface area is 120 Å². The minimum atomic E-state index is -0.883. The highest BCUT2D eigenvalue weighted by Gasteiger charge is 2.32. The smallest absolute Gasteiger partial charge is 0.326 e. The van der Waals surface area contributed by atoms with Gasteiger partial charge in [0.2, 0.25) is 0 Å². The molecule has 3 atom stereocenters. The van der Waals surface area contributed by atoms with Gasteiger partial charge in [-0.2, -0.15) is 0 Å². The molecule has 2 rings (SSSR count). The van der Waals surface area contributed by atoms with E-state index in [1.807, 2.05) is 0 Å². The van der Waals surface area contributed by atoms with Crippen molar-refractivity contribution in [2.45, 2.75) is 57.9 Å². The number of nitrogens with zero attached hydrogens (tertiary/aromatic N) is 1. The van der Waals surface area contributed by atoms with Crippen LogP contribution in [0.2, 0.25) is 0 Å². The third-order valence-corrected chi connectivity index (χ3v) is 4.85. The van der Waals surface area contributed by atoms with E-state index < -0.39 is 12.0 Å². The van der Waals surface area contributed by atoms with Crippen LogP contribution in [0, 0.1) is 11.8 Å². The van der Waals surface area contributed by atoms with Gasteiger partial charge in [-0.15, -0.1) is 0 Å². The summed E-state index contributed by atoms with van der Waals surface area (Å²) in [5.74, 6) is 0.312. The fourth-order valence-electron chi connectivity index (χ4n) is 3.45. The number of nitrogens with one attached hydrogen (secondary N) is 1. The molecule has 1 aliphatic heterocycles. The Morgan fingerprint density at radius 3 is 2.55 bits per heavy atom. The Bertz CT molecular complexity index is 359. The van der Waals surface area contributed by atoms with Crippen molar-refractivity contribution in [1.29, 1.82) is 0 Å². The van der Waals surface area contributed by atoms with Crippen molar-refractivity contribution in [3.63, 3.8) is 0 Å². The van der Waals surface area contributed by atoms with Gasteiger partial charge >= 0.3 is 12.0 Å². The molecule has 0 aromatic heterocycles. The van der Waals surface area contributed by atoms with Gasteiger partial charge in [-0.25, -0.2) is 9.59 Å². The van der Waals surface area contributed by atoms with E-state index in [4.69, 9.17) is 0 Å². The number of hydrogen-bond donors (Lipinski definition) is 2. The molecule has 1 saturated carbocycles. The molecule has 20 heavy (non-hydrogen) atoms. The second-order valence-corrected chi connectivity index (χ2v) is 6.25. The summed E-state index contributed by atoms with van der Waals surface area (Å²) in [5.41, 5.74) is 0. The summed E-state index contributed by atoms with van der Waals surface area (Å²) >= 11 is 0. The zero-order valence-corrected chi connectivity index (χ0v) is 12.3. The molecule has 2 fully saturated rings. The highest BCUT2D eigenvalue weighted by Crippen LogP contribution is 2.29. The molecule has 0 bridgehead atoms. The third kappa shape index (κ3) is 3.64. The fraction of sp³-hybridized carbons (Fsp3) is 0.867. The summed E-state index contributed by atoms with van der Waals surface area (Å²) < 4.78 is 0. The van der Waals surface area contributed by atoms with Crippen LogP contribution in [0.15, 0.2) is 0 Å². The van der Waals surface area contributed by atoms with E-state index in [0.717, 1.165) is 12.8 Å². The molecule has 3 unspecified atom stereocenters. The molecule has 1 heterocycles. The molecule has 0 radical (unpaired) electrons. The number of amides is 2. The first-order chi connectivity index (χ1) is 9.59. The summed E-state index contributed by atoms with van der Waals surface area (Å²) in [6, 6.07) is -0.845. The summed E-state index contributed by atoms with van der Waals surface area (Å²) in [6.07, 6.45) is 7.30. The van der Waals surface area contributed by atoms with Gasteiger partial charge in [0.15, 0.2) is 0 Å². The molecule has 1 saturated heterocycles. The van der Waals surface area contributed by atoms with Gasteiger partial charge in [0.25, 0.3) is 0 Å². The number of urea groups is 1. The molecule has 2 aliphatic rings. The fourth-order valence-corrected chi connectivity index (χ4v) is 3.45. The van der Waals surface area contributed by atoms with Gasteiger partial charge in [-0.1, -0.05) is 26.2 Å². The molecule has 5 nitrogen and oxygen atoms in total. The van der Waals surface area contributed by atoms with Crippen molar-refractivity contribution in [2.75, 3.05) is 13.1 Å². The quantitative estimate of drug-likeness (QED) is 0.835. The number of rotatable bonds is 3. The lowest BCUT2D eigenvalue weighted by molar-refractivity contribution is -0.143. The second-order valence-electron chi connectivity index (χ2n) is 6.25. The molecular formula is C15H26N2O3. The normalized spacial score (nSPS) is 30.9. The van der Waals surface area contributed by atoms with Crippen LogP contribution in [0.25, 0.3) is 0 Å². The number of carboxylic acids is 1. The van der Waals surface area contributed by atoms with Gasteiger partial charge < -0.3 is 15.3 Å². The lowest BCUT2D eigenvalue weighted by Gasteiger charge is -2.34. The van der Waals surface area contributed by atoms with Crippen molar-refractivity contribution in [2.24, 2.45) is 11.8 Å². The van der Waals surface area contributed by atoms with E-state index >= 15 is 0 Å². The first-order valence-corrected chi connectivity index (χ1v) is 7.87. The third-order valence-electron chi connectivity index (χ3n) is 4.85. The van der Waals surface area contributed by atoms with Gasteiger partial charge in [-0.3, -0.25) is 0 Å². The van der Waals surface area contributed by atoms with Gasteiger partial charge in [-0.05, 0) is 37.5 Å². The summed E-state index contributed by atoms with van der Waals surface area (Å²) in [7, 11) is 0. The zero-order valence-electron chi connectivity index (χ0n) is 12.3. The highest BCUT2D eigenvalue weighted by atomic mass is 16.4. The molecule has 0 spiro atoms. The maximum Gasteiger partial charge on any atom is 0.326 e. The predicted molar refractivity (Wildman–Crippen MR) is 76.5 cm³/mol. The van der Waals surface area contributed by atoms with E-state index in [-0.39, 0.29) is 6.03 Å². The first-order valence-electron chi connectivity index (χ1n) is 7.87. The SMILES string of the molecule is CC1CCCCC1CNC(=O)N1CCCCC1C(=O)O. The Hall–Kier alpha value is -1.26. The minimum absolute atomic E-state index is 0.199. The van der Waals surface area contributed by atoms with Crippen molar-refractivity contribution in [3.05, 3.63) is 0 Å². The number of carboxylic acid groups (broad SMARTS) is 1. The lowest BCUT2D eigenvalue weighted by Crippen LogP contribution is -2.52. The standard InChI is InChI=1S/C15H26N2O3/c1-11-6-2-3-7-12(11)10-16-15(20)17-9-5-4-8-13(17)14(18)19/h11-13H,2-10H2,1H3,(H,16,20)(H,18,19). The number of carbonyl (C=O) groups excluding carboxylic acids is 1. The van der Waals surface area contributed by atoms with Crippen LogP contribution in [0.3, 0.4) is 0 Å². The largest absolute Gasteiger partial charge is 0.480 e. The Morgan fingerprint density at radius 2 is 1.85 bits per heavy atom. The molecule has 2 amide bonds. The van der Waals surface area contributed by atoms with Gasteiger partial charge in [0.05, 0.1) is 0 Å². The van der Waals surface area contributed by atoms with E-state index in [2.05, 4.69) is 12.2 Å². The Kier molecular flexibility index (Phi) is 5.26. The van der Waals surface area contributed by atoms with E-state index in [0.29, 0.717) is 31.3 Å². The monoisotopic (exact) mass is 282 g/mol. The van der Waals surface area contributed by atoms with Crippen LogP contribution < -0.4 is 5.32 Å². The van der Waals surface area contributed by atoms with Crippen molar-refractivity contribution >= 4 is 12.0 Å². The molecule has 2 N–H and O–H groups in total. The summed E-state index contributed by atoms with van der Waals surface area (Å²) in [6.45, 7) is 3.49. The van der Waals surface area contributed by atoms with Crippen LogP contribution in [0.4, 0.5) is 4.79 Å². The molecule has 1 aliphatic carbocycles. The van der Waals surface area contributed by atoms with Gasteiger partial charge in [0.1, 0.15) is 6.04 Å². The van der Waals surface area contributed by atoms with Crippen LogP contribution in [-0.4, -0.2) is 41.1 Å². The number of carbonyl (C=O) groups is 2. The van der Waals surface area contributed by atoms with E-state index in [9.17, 15) is 14.7 Å². The summed E-state index contributed by atoms with van der Waals surface area (Å²) in [4.78, 5) is 24.9. The second kappa shape index (κ2) is 6.95. The molecule has 5 heteroatoms. The number of aliphatic carboxylic acids is 1. The van der Waals surface area contributed by atoms with Crippen LogP contribution in [0.5, 0.6) is 0 Å². The van der Waals surface area contributed by atoms with Crippen molar-refractivity contribution < 1.29 is 14.7 Å². The van der Waals surface area contributed by atoms with Crippen LogP contribution in [0.1, 0.15) is 51.9 Å². The van der Waals surface area contributed by atoms with Crippen LogP contribution >= 0.6 is 0 Å². The van der Waals surface area contributed by atoms with Gasteiger partial charge in [0, 0.05) is 13.1 Å². The average molecular weight is 282 g/mol. The maximum atomic E-state index is 12.2. The average Bonchev–Trinajstić information content (AvgIpc) is 2.46. The topological polar surface area (TPSA) is 69.6 Å². The maximum absolute atomic E-state index is 12.2. The molecule has 0 aromatic rings. The lowest BCUT2D eigenvalue weighted by atomic mass is 9.80. The highest BCUT2D eigenvalue weighted by molar-refractivity contribution is 5.82. The van der Waals surface area contributed by atoms with Crippen LogP contribution in [-0.2, 0) is 4.79 Å². The molecular weight excluding hydrogens is 256 g/mol.